The Morgan fingerprint density at radius 1 is 0.968 bits per heavy atom. The zero-order chi connectivity index (χ0) is 22.3. The van der Waals surface area contributed by atoms with Crippen LogP contribution in [0.25, 0.3) is 0 Å². The predicted molar refractivity (Wildman–Crippen MR) is 125 cm³/mol. The molecule has 0 unspecified atom stereocenters. The van der Waals surface area contributed by atoms with Gasteiger partial charge in [0.25, 0.3) is 10.0 Å². The van der Waals surface area contributed by atoms with E-state index in [1.165, 1.54) is 19.2 Å². The van der Waals surface area contributed by atoms with E-state index in [0.717, 1.165) is 15.0 Å². The van der Waals surface area contributed by atoms with E-state index in [4.69, 9.17) is 4.74 Å². The summed E-state index contributed by atoms with van der Waals surface area (Å²) in [7, 11) is -2.46. The number of ether oxygens (including phenoxy) is 1. The number of anilines is 2. The third-order valence-electron chi connectivity index (χ3n) is 4.44. The number of nitrogens with one attached hydrogen (secondary N) is 1. The minimum absolute atomic E-state index is 0.0758. The smallest absolute Gasteiger partial charge is 0.264 e. The molecule has 0 aliphatic carbocycles. The number of benzene rings is 3. The number of amides is 1. The van der Waals surface area contributed by atoms with Crippen LogP contribution in [-0.4, -0.2) is 33.7 Å². The first-order chi connectivity index (χ1) is 15.0. The van der Waals surface area contributed by atoms with E-state index >= 15 is 0 Å². The number of rotatable bonds is 9. The largest absolute Gasteiger partial charge is 0.497 e. The van der Waals surface area contributed by atoms with Crippen molar-refractivity contribution in [1.82, 2.24) is 0 Å². The van der Waals surface area contributed by atoms with Gasteiger partial charge in [-0.05, 0) is 54.3 Å². The first kappa shape index (κ1) is 22.7. The second-order valence-electron chi connectivity index (χ2n) is 6.50. The highest BCUT2D eigenvalue weighted by Gasteiger charge is 2.27. The van der Waals surface area contributed by atoms with Crippen LogP contribution in [0, 0.1) is 0 Å². The van der Waals surface area contributed by atoms with Crippen molar-refractivity contribution in [2.24, 2.45) is 0 Å². The number of sulfonamides is 1. The molecular weight excluding hydrogens is 432 g/mol. The SMILES string of the molecule is CCSc1ccccc1NC(=O)CN(c1ccccc1)S(=O)(=O)c1ccc(OC)cc1. The van der Waals surface area contributed by atoms with E-state index in [2.05, 4.69) is 5.32 Å². The summed E-state index contributed by atoms with van der Waals surface area (Å²) >= 11 is 1.61. The van der Waals surface area contributed by atoms with Crippen LogP contribution in [0.5, 0.6) is 5.75 Å². The molecule has 0 saturated carbocycles. The van der Waals surface area contributed by atoms with Crippen LogP contribution in [0.4, 0.5) is 11.4 Å². The minimum Gasteiger partial charge on any atom is -0.497 e. The van der Waals surface area contributed by atoms with Crippen LogP contribution in [0.15, 0.2) is 88.7 Å². The second kappa shape index (κ2) is 10.4. The van der Waals surface area contributed by atoms with Crippen molar-refractivity contribution >= 4 is 39.1 Å². The quantitative estimate of drug-likeness (QED) is 0.475. The van der Waals surface area contributed by atoms with Gasteiger partial charge in [0.1, 0.15) is 12.3 Å². The lowest BCUT2D eigenvalue weighted by atomic mass is 10.3. The Morgan fingerprint density at radius 2 is 1.61 bits per heavy atom. The van der Waals surface area contributed by atoms with Gasteiger partial charge in [0, 0.05) is 4.90 Å². The molecule has 8 heteroatoms. The highest BCUT2D eigenvalue weighted by Crippen LogP contribution is 2.28. The van der Waals surface area contributed by atoms with Gasteiger partial charge in [-0.1, -0.05) is 37.3 Å². The highest BCUT2D eigenvalue weighted by molar-refractivity contribution is 7.99. The van der Waals surface area contributed by atoms with Crippen molar-refractivity contribution in [3.8, 4) is 5.75 Å². The number of carbonyl (C=O) groups excluding carboxylic acids is 1. The van der Waals surface area contributed by atoms with Crippen LogP contribution >= 0.6 is 11.8 Å². The molecule has 0 fully saturated rings. The first-order valence-electron chi connectivity index (χ1n) is 9.69. The molecule has 0 aliphatic rings. The van der Waals surface area contributed by atoms with Crippen LogP contribution in [0.3, 0.4) is 0 Å². The lowest BCUT2D eigenvalue weighted by Crippen LogP contribution is -2.38. The zero-order valence-electron chi connectivity index (χ0n) is 17.3. The Hall–Kier alpha value is -2.97. The van der Waals surface area contributed by atoms with Crippen molar-refractivity contribution in [3.63, 3.8) is 0 Å². The molecule has 0 atom stereocenters. The number of carbonyl (C=O) groups is 1. The average Bonchev–Trinajstić information content (AvgIpc) is 2.79. The standard InChI is InChI=1S/C23H24N2O4S2/c1-3-30-22-12-8-7-11-21(22)24-23(26)17-25(18-9-5-4-6-10-18)31(27,28)20-15-13-19(29-2)14-16-20/h4-16H,3,17H2,1-2H3,(H,24,26). The molecule has 162 valence electrons. The van der Waals surface area contributed by atoms with Crippen LogP contribution in [0.1, 0.15) is 6.92 Å². The molecule has 1 amide bonds. The molecule has 0 bridgehead atoms. The van der Waals surface area contributed by atoms with Gasteiger partial charge >= 0.3 is 0 Å². The van der Waals surface area contributed by atoms with Crippen LogP contribution in [-0.2, 0) is 14.8 Å². The minimum atomic E-state index is -3.98. The Labute approximate surface area is 187 Å². The summed E-state index contributed by atoms with van der Waals surface area (Å²) in [6.07, 6.45) is 0. The maximum Gasteiger partial charge on any atom is 0.264 e. The molecule has 0 saturated heterocycles. The third kappa shape index (κ3) is 5.59. The number of methoxy groups -OCH3 is 1. The molecule has 3 aromatic rings. The molecule has 0 aromatic heterocycles. The van der Waals surface area contributed by atoms with E-state index in [1.54, 1.807) is 60.3 Å². The molecule has 3 aromatic carbocycles. The third-order valence-corrected chi connectivity index (χ3v) is 7.18. The predicted octanol–water partition coefficient (Wildman–Crippen LogP) is 4.64. The molecular formula is C23H24N2O4S2. The van der Waals surface area contributed by atoms with Gasteiger partial charge in [-0.2, -0.15) is 0 Å². The molecule has 0 spiro atoms. The molecule has 0 radical (unpaired) electrons. The first-order valence-corrected chi connectivity index (χ1v) is 12.1. The topological polar surface area (TPSA) is 75.7 Å². The Morgan fingerprint density at radius 3 is 2.26 bits per heavy atom. The zero-order valence-corrected chi connectivity index (χ0v) is 18.9. The lowest BCUT2D eigenvalue weighted by molar-refractivity contribution is -0.114. The summed E-state index contributed by atoms with van der Waals surface area (Å²) in [5, 5.41) is 2.85. The van der Waals surface area contributed by atoms with Gasteiger partial charge in [0.15, 0.2) is 0 Å². The Balaban J connectivity index is 1.90. The number of hydrogen-bond acceptors (Lipinski definition) is 5. The molecule has 3 rings (SSSR count). The van der Waals surface area contributed by atoms with Crippen LogP contribution < -0.4 is 14.4 Å². The van der Waals surface area contributed by atoms with Crippen molar-refractivity contribution < 1.29 is 17.9 Å². The van der Waals surface area contributed by atoms with Crippen molar-refractivity contribution in [2.45, 2.75) is 16.7 Å². The molecule has 1 N–H and O–H groups in total. The van der Waals surface area contributed by atoms with Crippen molar-refractivity contribution in [2.75, 3.05) is 29.0 Å². The number of thioether (sulfide) groups is 1. The van der Waals surface area contributed by atoms with Crippen molar-refractivity contribution in [3.05, 3.63) is 78.9 Å². The highest BCUT2D eigenvalue weighted by atomic mass is 32.2. The number of hydrogen-bond donors (Lipinski definition) is 1. The Bertz CT molecular complexity index is 1120. The van der Waals surface area contributed by atoms with Gasteiger partial charge in [0.2, 0.25) is 5.91 Å². The Kier molecular flexibility index (Phi) is 7.59. The van der Waals surface area contributed by atoms with Gasteiger partial charge in [-0.15, -0.1) is 11.8 Å². The lowest BCUT2D eigenvalue weighted by Gasteiger charge is -2.24. The fraction of sp³-hybridized carbons (Fsp3) is 0.174. The fourth-order valence-electron chi connectivity index (χ4n) is 2.96. The van der Waals surface area contributed by atoms with Gasteiger partial charge in [-0.3, -0.25) is 9.10 Å². The van der Waals surface area contributed by atoms with E-state index in [-0.39, 0.29) is 11.4 Å². The number of nitrogens with zero attached hydrogens (tertiary/aromatic N) is 1. The molecule has 6 nitrogen and oxygen atoms in total. The summed E-state index contributed by atoms with van der Waals surface area (Å²) in [4.78, 5) is 13.9. The van der Waals surface area contributed by atoms with Gasteiger partial charge < -0.3 is 10.1 Å². The van der Waals surface area contributed by atoms with Crippen molar-refractivity contribution in [1.29, 1.82) is 0 Å². The van der Waals surface area contributed by atoms with Crippen LogP contribution in [0.2, 0.25) is 0 Å². The normalized spacial score (nSPS) is 11.0. The summed E-state index contributed by atoms with van der Waals surface area (Å²) < 4.78 is 33.0. The van der Waals surface area contributed by atoms with Gasteiger partial charge in [0.05, 0.1) is 23.4 Å². The maximum atomic E-state index is 13.4. The van der Waals surface area contributed by atoms with E-state index in [1.807, 2.05) is 25.1 Å². The van der Waals surface area contributed by atoms with Gasteiger partial charge in [-0.25, -0.2) is 8.42 Å². The summed E-state index contributed by atoms with van der Waals surface area (Å²) in [6, 6.07) is 22.1. The average molecular weight is 457 g/mol. The molecule has 31 heavy (non-hydrogen) atoms. The fourth-order valence-corrected chi connectivity index (χ4v) is 5.14. The molecule has 0 aliphatic heterocycles. The van der Waals surface area contributed by atoms with E-state index in [9.17, 15) is 13.2 Å². The number of para-hydroxylation sites is 2. The summed E-state index contributed by atoms with van der Waals surface area (Å²) in [5.41, 5.74) is 1.07. The van der Waals surface area contributed by atoms with E-state index < -0.39 is 15.9 Å². The summed E-state index contributed by atoms with van der Waals surface area (Å²) in [5.74, 6) is 0.979. The summed E-state index contributed by atoms with van der Waals surface area (Å²) in [6.45, 7) is 1.67. The molecule has 0 heterocycles. The maximum absolute atomic E-state index is 13.4. The second-order valence-corrected chi connectivity index (χ2v) is 9.67. The monoisotopic (exact) mass is 456 g/mol. The van der Waals surface area contributed by atoms with E-state index in [0.29, 0.717) is 17.1 Å².